The average molecular weight is 198 g/mol. The van der Waals surface area contributed by atoms with Crippen molar-refractivity contribution >= 4 is 11.3 Å². The summed E-state index contributed by atoms with van der Waals surface area (Å²) in [4.78, 5) is 5.25. The number of rotatable bonds is 3. The zero-order valence-electron chi connectivity index (χ0n) is 7.66. The summed E-state index contributed by atoms with van der Waals surface area (Å²) >= 11 is 1.51. The highest BCUT2D eigenvalue weighted by atomic mass is 32.1. The molecule has 1 aliphatic rings. The Labute approximate surface area is 81.6 Å². The summed E-state index contributed by atoms with van der Waals surface area (Å²) in [5.74, 6) is 0.583. The van der Waals surface area contributed by atoms with Gasteiger partial charge in [-0.2, -0.15) is 0 Å². The number of hydrogen-bond acceptors (Lipinski definition) is 4. The molecule has 1 saturated carbocycles. The van der Waals surface area contributed by atoms with E-state index >= 15 is 0 Å². The van der Waals surface area contributed by atoms with Crippen LogP contribution in [0.3, 0.4) is 0 Å². The van der Waals surface area contributed by atoms with Crippen LogP contribution in [0.1, 0.15) is 36.3 Å². The van der Waals surface area contributed by atoms with E-state index in [4.69, 9.17) is 5.73 Å². The van der Waals surface area contributed by atoms with E-state index in [1.54, 1.807) is 12.4 Å². The van der Waals surface area contributed by atoms with E-state index in [1.807, 2.05) is 0 Å². The number of hydrogen-bond donors (Lipinski definition) is 2. The molecule has 1 aromatic heterocycles. The first-order valence-corrected chi connectivity index (χ1v) is 5.39. The van der Waals surface area contributed by atoms with Crippen LogP contribution in [0.25, 0.3) is 0 Å². The van der Waals surface area contributed by atoms with Crippen LogP contribution in [0.15, 0.2) is 5.51 Å². The fourth-order valence-electron chi connectivity index (χ4n) is 1.40. The standard InChI is InChI=1S/C9H14N2OS/c1-9(12,4-10)8-7(6-2-3-6)11-5-13-8/h5-6,12H,2-4,10H2,1H3. The van der Waals surface area contributed by atoms with Gasteiger partial charge in [-0.3, -0.25) is 0 Å². The van der Waals surface area contributed by atoms with Gasteiger partial charge in [0.05, 0.1) is 16.1 Å². The van der Waals surface area contributed by atoms with Gasteiger partial charge >= 0.3 is 0 Å². The maximum atomic E-state index is 9.99. The Morgan fingerprint density at radius 2 is 2.46 bits per heavy atom. The van der Waals surface area contributed by atoms with Crippen LogP contribution in [0.5, 0.6) is 0 Å². The van der Waals surface area contributed by atoms with Gasteiger partial charge in [0.25, 0.3) is 0 Å². The molecule has 3 nitrogen and oxygen atoms in total. The predicted molar refractivity (Wildman–Crippen MR) is 52.7 cm³/mol. The summed E-state index contributed by atoms with van der Waals surface area (Å²) in [5.41, 5.74) is 7.49. The molecule has 1 unspecified atom stereocenters. The second kappa shape index (κ2) is 3.04. The lowest BCUT2D eigenvalue weighted by molar-refractivity contribution is 0.0695. The largest absolute Gasteiger partial charge is 0.383 e. The van der Waals surface area contributed by atoms with Crippen LogP contribution >= 0.6 is 11.3 Å². The number of thiazole rings is 1. The normalized spacial score (nSPS) is 21.5. The molecular weight excluding hydrogens is 184 g/mol. The lowest BCUT2D eigenvalue weighted by atomic mass is 10.0. The molecule has 1 aliphatic carbocycles. The van der Waals surface area contributed by atoms with Crippen molar-refractivity contribution in [1.29, 1.82) is 0 Å². The first kappa shape index (κ1) is 9.12. The number of nitrogens with zero attached hydrogens (tertiary/aromatic N) is 1. The Morgan fingerprint density at radius 3 is 3.00 bits per heavy atom. The summed E-state index contributed by atoms with van der Waals surface area (Å²) < 4.78 is 0. The van der Waals surface area contributed by atoms with Crippen molar-refractivity contribution in [3.8, 4) is 0 Å². The van der Waals surface area contributed by atoms with Crippen molar-refractivity contribution in [1.82, 2.24) is 4.98 Å². The summed E-state index contributed by atoms with van der Waals surface area (Å²) in [7, 11) is 0. The molecule has 0 aliphatic heterocycles. The van der Waals surface area contributed by atoms with Crippen molar-refractivity contribution in [2.24, 2.45) is 5.73 Å². The molecular formula is C9H14N2OS. The number of aliphatic hydroxyl groups is 1. The third-order valence-electron chi connectivity index (χ3n) is 2.45. The third kappa shape index (κ3) is 1.61. The fourth-order valence-corrected chi connectivity index (χ4v) is 2.35. The third-order valence-corrected chi connectivity index (χ3v) is 3.54. The van der Waals surface area contributed by atoms with Gasteiger partial charge in [0.15, 0.2) is 0 Å². The van der Waals surface area contributed by atoms with Crippen LogP contribution in [-0.4, -0.2) is 16.6 Å². The Morgan fingerprint density at radius 1 is 1.77 bits per heavy atom. The lowest BCUT2D eigenvalue weighted by Gasteiger charge is -2.20. The molecule has 0 aromatic carbocycles. The molecule has 4 heteroatoms. The molecule has 1 heterocycles. The van der Waals surface area contributed by atoms with Crippen molar-refractivity contribution in [3.05, 3.63) is 16.1 Å². The smallest absolute Gasteiger partial charge is 0.110 e. The molecule has 0 spiro atoms. The second-order valence-electron chi connectivity index (χ2n) is 3.82. The summed E-state index contributed by atoms with van der Waals surface area (Å²) in [5, 5.41) is 9.99. The molecule has 13 heavy (non-hydrogen) atoms. The van der Waals surface area contributed by atoms with Gasteiger partial charge in [0.2, 0.25) is 0 Å². The van der Waals surface area contributed by atoms with Gasteiger partial charge in [-0.1, -0.05) is 0 Å². The monoisotopic (exact) mass is 198 g/mol. The Bertz CT molecular complexity index is 304. The van der Waals surface area contributed by atoms with Crippen molar-refractivity contribution in [2.75, 3.05) is 6.54 Å². The van der Waals surface area contributed by atoms with Crippen molar-refractivity contribution in [3.63, 3.8) is 0 Å². The molecule has 0 saturated heterocycles. The van der Waals surface area contributed by atoms with Crippen LogP contribution < -0.4 is 5.73 Å². The first-order chi connectivity index (χ1) is 6.15. The zero-order valence-corrected chi connectivity index (χ0v) is 8.47. The van der Waals surface area contributed by atoms with E-state index in [-0.39, 0.29) is 6.54 Å². The molecule has 3 N–H and O–H groups in total. The van der Waals surface area contributed by atoms with Gasteiger partial charge < -0.3 is 10.8 Å². The highest BCUT2D eigenvalue weighted by Gasteiger charge is 2.34. The summed E-state index contributed by atoms with van der Waals surface area (Å²) in [6, 6.07) is 0. The van der Waals surface area contributed by atoms with Crippen molar-refractivity contribution < 1.29 is 5.11 Å². The van der Waals surface area contributed by atoms with Crippen molar-refractivity contribution in [2.45, 2.75) is 31.3 Å². The molecule has 0 bridgehead atoms. The lowest BCUT2D eigenvalue weighted by Crippen LogP contribution is -2.31. The van der Waals surface area contributed by atoms with E-state index in [0.717, 1.165) is 10.6 Å². The van der Waals surface area contributed by atoms with E-state index in [2.05, 4.69) is 4.98 Å². The molecule has 0 radical (unpaired) electrons. The average Bonchev–Trinajstić information content (AvgIpc) is 2.83. The van der Waals surface area contributed by atoms with Crippen LogP contribution in [0.2, 0.25) is 0 Å². The van der Waals surface area contributed by atoms with Gasteiger partial charge in [0.1, 0.15) is 5.60 Å². The zero-order chi connectivity index (χ0) is 9.47. The number of aromatic nitrogens is 1. The van der Waals surface area contributed by atoms with Gasteiger partial charge in [0, 0.05) is 12.5 Å². The predicted octanol–water partition coefficient (Wildman–Crippen LogP) is 1.19. The van der Waals surface area contributed by atoms with Crippen LogP contribution in [0, 0.1) is 0 Å². The van der Waals surface area contributed by atoms with E-state index < -0.39 is 5.60 Å². The van der Waals surface area contributed by atoms with E-state index in [1.165, 1.54) is 24.2 Å². The minimum absolute atomic E-state index is 0.259. The quantitative estimate of drug-likeness (QED) is 0.767. The minimum atomic E-state index is -0.890. The maximum absolute atomic E-state index is 9.99. The van der Waals surface area contributed by atoms with Gasteiger partial charge in [-0.25, -0.2) is 4.98 Å². The number of nitrogens with two attached hydrogens (primary N) is 1. The Hall–Kier alpha value is -0.450. The molecule has 1 fully saturated rings. The van der Waals surface area contributed by atoms with Crippen LogP contribution in [0.4, 0.5) is 0 Å². The first-order valence-electron chi connectivity index (χ1n) is 4.51. The summed E-state index contributed by atoms with van der Waals surface area (Å²) in [6.45, 7) is 2.02. The molecule has 0 amide bonds. The van der Waals surface area contributed by atoms with Crippen LogP contribution in [-0.2, 0) is 5.60 Å². The van der Waals surface area contributed by atoms with Gasteiger partial charge in [-0.05, 0) is 19.8 Å². The topological polar surface area (TPSA) is 59.1 Å². The van der Waals surface area contributed by atoms with E-state index in [0.29, 0.717) is 5.92 Å². The molecule has 2 rings (SSSR count). The highest BCUT2D eigenvalue weighted by molar-refractivity contribution is 7.09. The molecule has 72 valence electrons. The SMILES string of the molecule is CC(O)(CN)c1scnc1C1CC1. The Kier molecular flexibility index (Phi) is 2.14. The molecule has 1 aromatic rings. The maximum Gasteiger partial charge on any atom is 0.110 e. The minimum Gasteiger partial charge on any atom is -0.383 e. The molecule has 1 atom stereocenters. The second-order valence-corrected chi connectivity index (χ2v) is 4.67. The summed E-state index contributed by atoms with van der Waals surface area (Å²) in [6.07, 6.45) is 2.41. The van der Waals surface area contributed by atoms with E-state index in [9.17, 15) is 5.11 Å². The highest BCUT2D eigenvalue weighted by Crippen LogP contribution is 2.44. The fraction of sp³-hybridized carbons (Fsp3) is 0.667. The Balaban J connectivity index is 2.33. The van der Waals surface area contributed by atoms with Gasteiger partial charge in [-0.15, -0.1) is 11.3 Å².